The van der Waals surface area contributed by atoms with Gasteiger partial charge in [0.25, 0.3) is 0 Å². The van der Waals surface area contributed by atoms with E-state index in [-0.39, 0.29) is 5.41 Å². The highest BCUT2D eigenvalue weighted by atomic mass is 16.1. The minimum absolute atomic E-state index is 0.170. The van der Waals surface area contributed by atoms with Gasteiger partial charge in [-0.3, -0.25) is 4.79 Å². The lowest BCUT2D eigenvalue weighted by molar-refractivity contribution is 0.111. The molecule has 1 heterocycles. The molecular formula is C16H19NO. The third kappa shape index (κ3) is 2.37. The van der Waals surface area contributed by atoms with Crippen LogP contribution in [0.25, 0.3) is 11.1 Å². The van der Waals surface area contributed by atoms with Crippen molar-refractivity contribution in [2.75, 3.05) is 0 Å². The number of hydrogen-bond acceptors (Lipinski definition) is 1. The molecule has 0 N–H and O–H groups in total. The van der Waals surface area contributed by atoms with Crippen LogP contribution in [0, 0.1) is 0 Å². The maximum atomic E-state index is 10.8. The number of nitrogens with zero attached hydrogens (tertiary/aromatic N) is 1. The molecule has 0 saturated heterocycles. The summed E-state index contributed by atoms with van der Waals surface area (Å²) in [7, 11) is 1.89. The van der Waals surface area contributed by atoms with Crippen LogP contribution < -0.4 is 0 Å². The first-order valence-corrected chi connectivity index (χ1v) is 6.14. The first-order chi connectivity index (χ1) is 8.41. The minimum Gasteiger partial charge on any atom is -0.348 e. The average molecular weight is 241 g/mol. The third-order valence-corrected chi connectivity index (χ3v) is 3.25. The largest absolute Gasteiger partial charge is 0.348 e. The summed E-state index contributed by atoms with van der Waals surface area (Å²) in [6.07, 6.45) is 2.86. The summed E-state index contributed by atoms with van der Waals surface area (Å²) in [5.74, 6) is 0. The smallest absolute Gasteiger partial charge is 0.166 e. The third-order valence-electron chi connectivity index (χ3n) is 3.25. The maximum absolute atomic E-state index is 10.8. The van der Waals surface area contributed by atoms with Gasteiger partial charge in [-0.05, 0) is 22.6 Å². The fourth-order valence-electron chi connectivity index (χ4n) is 2.02. The molecule has 94 valence electrons. The van der Waals surface area contributed by atoms with Crippen molar-refractivity contribution in [1.29, 1.82) is 0 Å². The Hall–Kier alpha value is -1.83. The first-order valence-electron chi connectivity index (χ1n) is 6.14. The van der Waals surface area contributed by atoms with Crippen LogP contribution in [0.3, 0.4) is 0 Å². The molecule has 0 fully saturated rings. The van der Waals surface area contributed by atoms with Crippen molar-refractivity contribution in [3.8, 4) is 11.1 Å². The summed E-state index contributed by atoms with van der Waals surface area (Å²) >= 11 is 0. The minimum atomic E-state index is 0.170. The first kappa shape index (κ1) is 12.6. The van der Waals surface area contributed by atoms with Gasteiger partial charge in [-0.1, -0.05) is 45.0 Å². The number of aryl methyl sites for hydroxylation is 1. The normalized spacial score (nSPS) is 11.6. The van der Waals surface area contributed by atoms with E-state index in [0.717, 1.165) is 17.4 Å². The topological polar surface area (TPSA) is 22.0 Å². The molecule has 0 aliphatic rings. The summed E-state index contributed by atoms with van der Waals surface area (Å²) in [5.41, 5.74) is 4.41. The predicted octanol–water partition coefficient (Wildman–Crippen LogP) is 3.80. The van der Waals surface area contributed by atoms with Crippen LogP contribution >= 0.6 is 0 Å². The summed E-state index contributed by atoms with van der Waals surface area (Å²) < 4.78 is 1.85. The van der Waals surface area contributed by atoms with Crippen molar-refractivity contribution in [3.63, 3.8) is 0 Å². The highest BCUT2D eigenvalue weighted by molar-refractivity contribution is 5.77. The van der Waals surface area contributed by atoms with Crippen LogP contribution in [0.1, 0.15) is 36.8 Å². The molecule has 0 unspecified atom stereocenters. The van der Waals surface area contributed by atoms with Crippen molar-refractivity contribution in [2.45, 2.75) is 26.2 Å². The number of benzene rings is 1. The Morgan fingerprint density at radius 3 is 2.11 bits per heavy atom. The van der Waals surface area contributed by atoms with Gasteiger partial charge in [-0.15, -0.1) is 0 Å². The zero-order valence-electron chi connectivity index (χ0n) is 11.4. The highest BCUT2D eigenvalue weighted by Gasteiger charge is 2.13. The number of carbonyl (C=O) groups is 1. The van der Waals surface area contributed by atoms with E-state index in [1.807, 2.05) is 23.9 Å². The van der Waals surface area contributed by atoms with Crippen molar-refractivity contribution in [3.05, 3.63) is 47.8 Å². The van der Waals surface area contributed by atoms with Crippen LogP contribution in [0.5, 0.6) is 0 Å². The second-order valence-electron chi connectivity index (χ2n) is 5.71. The maximum Gasteiger partial charge on any atom is 0.166 e. The Labute approximate surface area is 108 Å². The summed E-state index contributed by atoms with van der Waals surface area (Å²) in [6, 6.07) is 10.5. The van der Waals surface area contributed by atoms with Gasteiger partial charge in [0.15, 0.2) is 6.29 Å². The van der Waals surface area contributed by atoms with Crippen molar-refractivity contribution < 1.29 is 4.79 Å². The molecule has 2 nitrogen and oxygen atoms in total. The van der Waals surface area contributed by atoms with E-state index in [2.05, 4.69) is 45.0 Å². The molecule has 0 bridgehead atoms. The van der Waals surface area contributed by atoms with Crippen LogP contribution in [0.4, 0.5) is 0 Å². The quantitative estimate of drug-likeness (QED) is 0.733. The number of rotatable bonds is 2. The van der Waals surface area contributed by atoms with Gasteiger partial charge in [0.2, 0.25) is 0 Å². The Bertz CT molecular complexity index is 556. The molecule has 2 heteroatoms. The lowest BCUT2D eigenvalue weighted by atomic mass is 9.86. The van der Waals surface area contributed by atoms with Gasteiger partial charge < -0.3 is 4.57 Å². The average Bonchev–Trinajstić information content (AvgIpc) is 2.69. The number of aromatic nitrogens is 1. The van der Waals surface area contributed by atoms with Crippen molar-refractivity contribution in [2.24, 2.45) is 7.05 Å². The monoisotopic (exact) mass is 241 g/mol. The molecular weight excluding hydrogens is 222 g/mol. The van der Waals surface area contributed by atoms with Crippen molar-refractivity contribution in [1.82, 2.24) is 4.57 Å². The molecule has 2 rings (SSSR count). The molecule has 1 aromatic carbocycles. The second kappa shape index (κ2) is 4.45. The highest BCUT2D eigenvalue weighted by Crippen LogP contribution is 2.26. The molecule has 0 aliphatic carbocycles. The Morgan fingerprint density at radius 1 is 1.06 bits per heavy atom. The summed E-state index contributed by atoms with van der Waals surface area (Å²) in [6.45, 7) is 6.61. The van der Waals surface area contributed by atoms with Gasteiger partial charge in [0, 0.05) is 18.8 Å². The van der Waals surface area contributed by atoms with Gasteiger partial charge in [0.1, 0.15) is 0 Å². The Morgan fingerprint density at radius 2 is 1.67 bits per heavy atom. The van der Waals surface area contributed by atoms with E-state index in [1.165, 1.54) is 5.56 Å². The number of hydrogen-bond donors (Lipinski definition) is 0. The molecule has 0 radical (unpaired) electrons. The number of carbonyl (C=O) groups excluding carboxylic acids is 1. The van der Waals surface area contributed by atoms with E-state index in [0.29, 0.717) is 5.69 Å². The predicted molar refractivity (Wildman–Crippen MR) is 74.9 cm³/mol. The molecule has 0 aliphatic heterocycles. The van der Waals surface area contributed by atoms with Gasteiger partial charge in [-0.2, -0.15) is 0 Å². The fraction of sp³-hybridized carbons (Fsp3) is 0.312. The molecule has 0 saturated carbocycles. The molecule has 0 spiro atoms. The van der Waals surface area contributed by atoms with Gasteiger partial charge >= 0.3 is 0 Å². The zero-order valence-corrected chi connectivity index (χ0v) is 11.4. The van der Waals surface area contributed by atoms with Crippen LogP contribution in [0.15, 0.2) is 36.5 Å². The van der Waals surface area contributed by atoms with E-state index in [4.69, 9.17) is 0 Å². The van der Waals surface area contributed by atoms with E-state index in [1.54, 1.807) is 0 Å². The zero-order chi connectivity index (χ0) is 13.3. The molecule has 18 heavy (non-hydrogen) atoms. The van der Waals surface area contributed by atoms with Crippen LogP contribution in [-0.2, 0) is 12.5 Å². The molecule has 1 aromatic heterocycles. The van der Waals surface area contributed by atoms with Crippen LogP contribution in [-0.4, -0.2) is 10.9 Å². The summed E-state index contributed by atoms with van der Waals surface area (Å²) in [4.78, 5) is 10.8. The number of aldehydes is 1. The molecule has 0 atom stereocenters. The van der Waals surface area contributed by atoms with Crippen molar-refractivity contribution >= 4 is 6.29 Å². The van der Waals surface area contributed by atoms with E-state index in [9.17, 15) is 4.79 Å². The fourth-order valence-corrected chi connectivity index (χ4v) is 2.02. The second-order valence-corrected chi connectivity index (χ2v) is 5.71. The lowest BCUT2D eigenvalue weighted by Gasteiger charge is -2.19. The SMILES string of the molecule is Cn1cc(-c2ccc(C(C)(C)C)cc2)cc1C=O. The Kier molecular flexibility index (Phi) is 3.12. The lowest BCUT2D eigenvalue weighted by Crippen LogP contribution is -2.10. The van der Waals surface area contributed by atoms with E-state index >= 15 is 0 Å². The standard InChI is InChI=1S/C16H19NO/c1-16(2,3)14-7-5-12(6-8-14)13-9-15(11-18)17(4)10-13/h5-11H,1-4H3. The van der Waals surface area contributed by atoms with Gasteiger partial charge in [-0.25, -0.2) is 0 Å². The summed E-state index contributed by atoms with van der Waals surface area (Å²) in [5, 5.41) is 0. The molecule has 0 amide bonds. The molecule has 2 aromatic rings. The van der Waals surface area contributed by atoms with Gasteiger partial charge in [0.05, 0.1) is 5.69 Å². The van der Waals surface area contributed by atoms with E-state index < -0.39 is 0 Å². The Balaban J connectivity index is 2.37. The van der Waals surface area contributed by atoms with Crippen LogP contribution in [0.2, 0.25) is 0 Å².